The summed E-state index contributed by atoms with van der Waals surface area (Å²) >= 11 is 0. The summed E-state index contributed by atoms with van der Waals surface area (Å²) in [5.41, 5.74) is 15.9. The van der Waals surface area contributed by atoms with Crippen LogP contribution in [0.25, 0.3) is 110 Å². The van der Waals surface area contributed by atoms with Crippen molar-refractivity contribution in [1.82, 2.24) is 4.48 Å². The number of anilines is 3. The van der Waals surface area contributed by atoms with Crippen LogP contribution in [0.2, 0.25) is 0 Å². The largest absolute Gasteiger partial charge is 0.456 e. The summed E-state index contributed by atoms with van der Waals surface area (Å²) in [6.45, 7) is -0.165. The van der Waals surface area contributed by atoms with Gasteiger partial charge in [0.25, 0.3) is 0 Å². The number of rotatable bonds is 1. The number of furan rings is 3. The van der Waals surface area contributed by atoms with Crippen molar-refractivity contribution in [3.05, 3.63) is 164 Å². The highest BCUT2D eigenvalue weighted by atomic mass is 16.3. The van der Waals surface area contributed by atoms with Gasteiger partial charge in [-0.1, -0.05) is 103 Å². The molecule has 0 unspecified atom stereocenters. The summed E-state index contributed by atoms with van der Waals surface area (Å²) in [7, 11) is 0. The molecule has 0 atom stereocenters. The average Bonchev–Trinajstić information content (AvgIpc) is 4.03. The van der Waals surface area contributed by atoms with Crippen molar-refractivity contribution in [3.63, 3.8) is 0 Å². The molecule has 0 radical (unpaired) electrons. The van der Waals surface area contributed by atoms with E-state index >= 15 is 0 Å². The maximum absolute atomic E-state index is 6.86. The summed E-state index contributed by atoms with van der Waals surface area (Å²) in [5, 5.41) is 11.6. The summed E-state index contributed by atoms with van der Waals surface area (Å²) < 4.78 is 22.6. The standard InChI is InChI=1S/C52H27BN2O3/c1-2-11-30-28(10-1)20-22-40-48(30)35-16-9-15-33-38-26-47-49(34-14-5-8-19-44(34)58-47)52-50(38)53(55(40)51(33)35)39-27-46-37(32-13-4-7-18-43(32)57-46)25-41(39)54(52)29-21-23-45-36(24-29)31-12-3-6-17-42(31)56-45/h1-27H. The molecule has 9 aromatic carbocycles. The van der Waals surface area contributed by atoms with E-state index in [-0.39, 0.29) is 6.85 Å². The van der Waals surface area contributed by atoms with Crippen LogP contribution in [-0.2, 0) is 0 Å². The molecule has 2 aliphatic rings. The first-order valence-corrected chi connectivity index (χ1v) is 19.9. The molecule has 0 saturated carbocycles. The van der Waals surface area contributed by atoms with E-state index in [0.29, 0.717) is 0 Å². The van der Waals surface area contributed by atoms with Crippen molar-refractivity contribution in [2.24, 2.45) is 0 Å². The molecule has 5 nitrogen and oxygen atoms in total. The summed E-state index contributed by atoms with van der Waals surface area (Å²) in [4.78, 5) is 2.50. The van der Waals surface area contributed by atoms with Gasteiger partial charge in [0.2, 0.25) is 0 Å². The van der Waals surface area contributed by atoms with Gasteiger partial charge in [-0.3, -0.25) is 0 Å². The topological polar surface area (TPSA) is 47.6 Å². The molecule has 2 aliphatic heterocycles. The maximum atomic E-state index is 6.86. The van der Waals surface area contributed by atoms with Gasteiger partial charge in [-0.2, -0.15) is 0 Å². The van der Waals surface area contributed by atoms with E-state index in [1.807, 2.05) is 12.1 Å². The van der Waals surface area contributed by atoms with E-state index in [9.17, 15) is 0 Å². The molecule has 0 aliphatic carbocycles. The summed E-state index contributed by atoms with van der Waals surface area (Å²) in [5.74, 6) is 0. The lowest BCUT2D eigenvalue weighted by atomic mass is 9.45. The molecule has 0 spiro atoms. The van der Waals surface area contributed by atoms with Crippen molar-refractivity contribution in [1.29, 1.82) is 0 Å². The zero-order chi connectivity index (χ0) is 37.4. The SMILES string of the molecule is c1ccc2c(c1)ccc1c2c2cccc3c2n1B1c2cc4oc5ccccc5c4cc2N(c2ccc4oc5ccccc5c4c2)c2c1c-3cc1oc3ccccc3c21. The minimum Gasteiger partial charge on any atom is -0.456 e. The lowest BCUT2D eigenvalue weighted by Gasteiger charge is -2.40. The lowest BCUT2D eigenvalue weighted by Crippen LogP contribution is -2.56. The molecule has 6 heteroatoms. The Bertz CT molecular complexity index is 4010. The Morgan fingerprint density at radius 3 is 1.90 bits per heavy atom. The second-order valence-electron chi connectivity index (χ2n) is 15.9. The van der Waals surface area contributed by atoms with Gasteiger partial charge < -0.3 is 22.6 Å². The van der Waals surface area contributed by atoms with E-state index in [4.69, 9.17) is 13.3 Å². The van der Waals surface area contributed by atoms with E-state index in [1.165, 1.54) is 54.6 Å². The fourth-order valence-electron chi connectivity index (χ4n) is 10.8. The van der Waals surface area contributed by atoms with Crippen molar-refractivity contribution < 1.29 is 13.3 Å². The fourth-order valence-corrected chi connectivity index (χ4v) is 10.8. The third kappa shape index (κ3) is 3.48. The Balaban J connectivity index is 1.18. The van der Waals surface area contributed by atoms with Crippen LogP contribution in [-0.4, -0.2) is 11.3 Å². The molecule has 0 saturated heterocycles. The minimum absolute atomic E-state index is 0.165. The average molecular weight is 739 g/mol. The third-order valence-corrected chi connectivity index (χ3v) is 13.1. The number of fused-ring (bicyclic) bond motifs is 19. The molecule has 15 rings (SSSR count). The lowest BCUT2D eigenvalue weighted by molar-refractivity contribution is 0.668. The van der Waals surface area contributed by atoms with Crippen LogP contribution < -0.4 is 15.8 Å². The molecule has 266 valence electrons. The van der Waals surface area contributed by atoms with Crippen LogP contribution >= 0.6 is 0 Å². The van der Waals surface area contributed by atoms with Crippen LogP contribution in [0.1, 0.15) is 0 Å². The fraction of sp³-hybridized carbons (Fsp3) is 0. The van der Waals surface area contributed by atoms with E-state index in [2.05, 4.69) is 161 Å². The first-order valence-electron chi connectivity index (χ1n) is 19.9. The van der Waals surface area contributed by atoms with Gasteiger partial charge in [0, 0.05) is 65.7 Å². The molecule has 0 fully saturated rings. The molecule has 0 N–H and O–H groups in total. The smallest absolute Gasteiger partial charge is 0.333 e. The second-order valence-corrected chi connectivity index (χ2v) is 15.9. The van der Waals surface area contributed by atoms with Gasteiger partial charge in [-0.15, -0.1) is 0 Å². The van der Waals surface area contributed by atoms with Gasteiger partial charge in [0.1, 0.15) is 33.5 Å². The zero-order valence-corrected chi connectivity index (χ0v) is 30.8. The quantitative estimate of drug-likeness (QED) is 0.157. The molecule has 0 amide bonds. The molecular formula is C52H27BN2O3. The molecule has 58 heavy (non-hydrogen) atoms. The van der Waals surface area contributed by atoms with E-state index in [1.54, 1.807) is 0 Å². The van der Waals surface area contributed by atoms with Crippen LogP contribution in [0.5, 0.6) is 0 Å². The minimum atomic E-state index is -0.165. The Kier molecular flexibility index (Phi) is 5.19. The molecule has 4 aromatic heterocycles. The van der Waals surface area contributed by atoms with E-state index < -0.39 is 0 Å². The van der Waals surface area contributed by atoms with Crippen molar-refractivity contribution in [2.45, 2.75) is 0 Å². The molecule has 6 heterocycles. The first kappa shape index (κ1) is 29.6. The number of para-hydroxylation sites is 4. The number of aromatic nitrogens is 1. The van der Waals surface area contributed by atoms with Crippen LogP contribution in [0.4, 0.5) is 17.1 Å². The van der Waals surface area contributed by atoms with Gasteiger partial charge in [0.15, 0.2) is 0 Å². The normalized spacial score (nSPS) is 13.4. The number of benzene rings is 9. The molecule has 13 aromatic rings. The Morgan fingerprint density at radius 1 is 0.414 bits per heavy atom. The monoisotopic (exact) mass is 738 g/mol. The second kappa shape index (κ2) is 10.2. The highest BCUT2D eigenvalue weighted by molar-refractivity contribution is 6.90. The maximum Gasteiger partial charge on any atom is 0.333 e. The van der Waals surface area contributed by atoms with Crippen molar-refractivity contribution >= 4 is 133 Å². The number of nitrogens with zero attached hydrogens (tertiary/aromatic N) is 2. The summed E-state index contributed by atoms with van der Waals surface area (Å²) in [6.07, 6.45) is 0. The highest BCUT2D eigenvalue weighted by Gasteiger charge is 2.45. The van der Waals surface area contributed by atoms with Gasteiger partial charge >= 0.3 is 6.85 Å². The van der Waals surface area contributed by atoms with Gasteiger partial charge in [0.05, 0.1) is 11.1 Å². The predicted molar refractivity (Wildman–Crippen MR) is 239 cm³/mol. The third-order valence-electron chi connectivity index (χ3n) is 13.1. The number of hydrogen-bond donors (Lipinski definition) is 0. The van der Waals surface area contributed by atoms with Crippen LogP contribution in [0.3, 0.4) is 0 Å². The van der Waals surface area contributed by atoms with E-state index in [0.717, 1.165) is 82.9 Å². The highest BCUT2D eigenvalue weighted by Crippen LogP contribution is 2.51. The predicted octanol–water partition coefficient (Wildman–Crippen LogP) is 13.1. The zero-order valence-electron chi connectivity index (χ0n) is 30.8. The molecular weight excluding hydrogens is 711 g/mol. The van der Waals surface area contributed by atoms with Crippen molar-refractivity contribution in [3.8, 4) is 11.1 Å². The Labute approximate surface area is 329 Å². The van der Waals surface area contributed by atoms with Crippen LogP contribution in [0.15, 0.2) is 177 Å². The number of hydrogen-bond acceptors (Lipinski definition) is 4. The van der Waals surface area contributed by atoms with Gasteiger partial charge in [-0.25, -0.2) is 0 Å². The van der Waals surface area contributed by atoms with Crippen LogP contribution in [0, 0.1) is 0 Å². The van der Waals surface area contributed by atoms with Crippen molar-refractivity contribution in [2.75, 3.05) is 4.90 Å². The summed E-state index contributed by atoms with van der Waals surface area (Å²) in [6, 6.07) is 59.1. The Hall–Kier alpha value is -7.70. The molecule has 0 bridgehead atoms. The van der Waals surface area contributed by atoms with Gasteiger partial charge in [-0.05, 0) is 87.9 Å². The Morgan fingerprint density at radius 2 is 1.07 bits per heavy atom. The first-order chi connectivity index (χ1) is 28.8.